The fourth-order valence-corrected chi connectivity index (χ4v) is 2.18. The van der Waals surface area contributed by atoms with Gasteiger partial charge in [0.2, 0.25) is 0 Å². The van der Waals surface area contributed by atoms with Gasteiger partial charge >= 0.3 is 11.9 Å². The van der Waals surface area contributed by atoms with Gasteiger partial charge in [0, 0.05) is 6.04 Å². The molecule has 0 bridgehead atoms. The highest BCUT2D eigenvalue weighted by Crippen LogP contribution is 2.14. The van der Waals surface area contributed by atoms with Crippen LogP contribution in [-0.4, -0.2) is 18.0 Å². The molecule has 0 aliphatic carbocycles. The van der Waals surface area contributed by atoms with Crippen molar-refractivity contribution >= 4 is 11.9 Å². The second kappa shape index (κ2) is 8.22. The zero-order valence-corrected chi connectivity index (χ0v) is 12.7. The van der Waals surface area contributed by atoms with Crippen molar-refractivity contribution in [3.63, 3.8) is 0 Å². The summed E-state index contributed by atoms with van der Waals surface area (Å²) in [5, 5.41) is 0. The predicted octanol–water partition coefficient (Wildman–Crippen LogP) is 1.72. The molecule has 120 valence electrons. The van der Waals surface area contributed by atoms with E-state index in [1.54, 1.807) is 0 Å². The van der Waals surface area contributed by atoms with Gasteiger partial charge < -0.3 is 16.2 Å². The third-order valence-electron chi connectivity index (χ3n) is 3.43. The Kier molecular flexibility index (Phi) is 6.02. The number of carbonyl (C=O) groups excluding carboxylic acids is 2. The van der Waals surface area contributed by atoms with Gasteiger partial charge in [-0.25, -0.2) is 4.79 Å². The van der Waals surface area contributed by atoms with Crippen LogP contribution in [0.2, 0.25) is 0 Å². The van der Waals surface area contributed by atoms with E-state index in [0.717, 1.165) is 11.1 Å². The first-order valence-electron chi connectivity index (χ1n) is 7.41. The van der Waals surface area contributed by atoms with Gasteiger partial charge in [-0.2, -0.15) is 0 Å². The van der Waals surface area contributed by atoms with Gasteiger partial charge in [-0.05, 0) is 17.5 Å². The Balaban J connectivity index is 1.83. The van der Waals surface area contributed by atoms with E-state index in [1.807, 2.05) is 60.7 Å². The maximum absolute atomic E-state index is 11.9. The normalized spacial score (nSPS) is 13.1. The summed E-state index contributed by atoms with van der Waals surface area (Å²) in [5.41, 5.74) is 13.4. The highest BCUT2D eigenvalue weighted by Gasteiger charge is 2.21. The van der Waals surface area contributed by atoms with Crippen molar-refractivity contribution in [1.82, 2.24) is 0 Å². The summed E-state index contributed by atoms with van der Waals surface area (Å²) in [4.78, 5) is 23.7. The molecule has 0 heterocycles. The van der Waals surface area contributed by atoms with Crippen LogP contribution in [0, 0.1) is 0 Å². The molecule has 2 aromatic carbocycles. The first-order valence-corrected chi connectivity index (χ1v) is 7.41. The van der Waals surface area contributed by atoms with Crippen LogP contribution in [0.5, 0.6) is 0 Å². The first-order chi connectivity index (χ1) is 11.1. The molecule has 5 heteroatoms. The maximum Gasteiger partial charge on any atom is 0.330 e. The Hall–Kier alpha value is -2.50. The lowest BCUT2D eigenvalue weighted by atomic mass is 10.1. The molecule has 0 saturated carbocycles. The summed E-state index contributed by atoms with van der Waals surface area (Å²) in [7, 11) is 0. The monoisotopic (exact) mass is 312 g/mol. The molecule has 0 spiro atoms. The summed E-state index contributed by atoms with van der Waals surface area (Å²) >= 11 is 0. The van der Waals surface area contributed by atoms with E-state index in [2.05, 4.69) is 0 Å². The van der Waals surface area contributed by atoms with Crippen molar-refractivity contribution in [2.75, 3.05) is 0 Å². The highest BCUT2D eigenvalue weighted by atomic mass is 16.6. The van der Waals surface area contributed by atoms with Crippen LogP contribution < -0.4 is 11.5 Å². The average molecular weight is 312 g/mol. The number of hydrogen-bond acceptors (Lipinski definition) is 5. The average Bonchev–Trinajstić information content (AvgIpc) is 2.56. The predicted molar refractivity (Wildman–Crippen MR) is 87.2 cm³/mol. The molecule has 0 amide bonds. The van der Waals surface area contributed by atoms with E-state index in [1.165, 1.54) is 0 Å². The summed E-state index contributed by atoms with van der Waals surface area (Å²) in [6.07, 6.45) is 0.242. The summed E-state index contributed by atoms with van der Waals surface area (Å²) in [5.74, 6) is -1.41. The Bertz CT molecular complexity index is 644. The number of esters is 2. The minimum atomic E-state index is -0.880. The highest BCUT2D eigenvalue weighted by molar-refractivity contribution is 5.88. The molecule has 2 atom stereocenters. The van der Waals surface area contributed by atoms with Crippen molar-refractivity contribution in [1.29, 1.82) is 0 Å². The zero-order chi connectivity index (χ0) is 16.7. The SMILES string of the molecule is NC(Cc1ccccc1)C(=O)OC(=O)CC(N)c1ccccc1. The first kappa shape index (κ1) is 16.9. The minimum Gasteiger partial charge on any atom is -0.392 e. The Morgan fingerprint density at radius 2 is 1.48 bits per heavy atom. The number of rotatable bonds is 6. The Labute approximate surface area is 135 Å². The topological polar surface area (TPSA) is 95.4 Å². The quantitative estimate of drug-likeness (QED) is 0.625. The van der Waals surface area contributed by atoms with E-state index in [4.69, 9.17) is 16.2 Å². The molecule has 0 saturated heterocycles. The second-order valence-corrected chi connectivity index (χ2v) is 5.31. The van der Waals surface area contributed by atoms with E-state index < -0.39 is 24.0 Å². The molecule has 0 aliphatic heterocycles. The van der Waals surface area contributed by atoms with Gasteiger partial charge in [-0.3, -0.25) is 4.79 Å². The number of hydrogen-bond donors (Lipinski definition) is 2. The maximum atomic E-state index is 11.9. The number of benzene rings is 2. The molecule has 2 rings (SSSR count). The van der Waals surface area contributed by atoms with Crippen molar-refractivity contribution in [2.45, 2.75) is 24.9 Å². The molecule has 5 nitrogen and oxygen atoms in total. The van der Waals surface area contributed by atoms with Crippen LogP contribution in [0.3, 0.4) is 0 Å². The van der Waals surface area contributed by atoms with Crippen LogP contribution in [0.15, 0.2) is 60.7 Å². The van der Waals surface area contributed by atoms with Crippen LogP contribution >= 0.6 is 0 Å². The fourth-order valence-electron chi connectivity index (χ4n) is 2.18. The van der Waals surface area contributed by atoms with Gasteiger partial charge in [0.15, 0.2) is 0 Å². The Morgan fingerprint density at radius 1 is 0.913 bits per heavy atom. The number of carbonyl (C=O) groups is 2. The zero-order valence-electron chi connectivity index (χ0n) is 12.7. The standard InChI is InChI=1S/C18H20N2O3/c19-15(14-9-5-2-6-10-14)12-17(21)23-18(22)16(20)11-13-7-3-1-4-8-13/h1-10,15-16H,11-12,19-20H2. The number of ether oxygens (including phenoxy) is 1. The number of nitrogens with two attached hydrogens (primary N) is 2. The smallest absolute Gasteiger partial charge is 0.330 e. The minimum absolute atomic E-state index is 0.0756. The molecule has 4 N–H and O–H groups in total. The lowest BCUT2D eigenvalue weighted by Crippen LogP contribution is -2.36. The third-order valence-corrected chi connectivity index (χ3v) is 3.43. The lowest BCUT2D eigenvalue weighted by Gasteiger charge is -2.13. The largest absolute Gasteiger partial charge is 0.392 e. The summed E-state index contributed by atoms with van der Waals surface area (Å²) in [6.45, 7) is 0. The van der Waals surface area contributed by atoms with Crippen LogP contribution in [-0.2, 0) is 20.7 Å². The van der Waals surface area contributed by atoms with Gasteiger partial charge in [0.05, 0.1) is 6.42 Å². The van der Waals surface area contributed by atoms with Gasteiger partial charge in [-0.1, -0.05) is 60.7 Å². The van der Waals surface area contributed by atoms with E-state index in [9.17, 15) is 9.59 Å². The lowest BCUT2D eigenvalue weighted by molar-refractivity contribution is -0.160. The molecule has 0 fully saturated rings. The van der Waals surface area contributed by atoms with Gasteiger partial charge in [-0.15, -0.1) is 0 Å². The molecule has 2 unspecified atom stereocenters. The molecule has 0 aromatic heterocycles. The van der Waals surface area contributed by atoms with E-state index in [0.29, 0.717) is 6.42 Å². The van der Waals surface area contributed by atoms with E-state index >= 15 is 0 Å². The van der Waals surface area contributed by atoms with Gasteiger partial charge in [0.25, 0.3) is 0 Å². The van der Waals surface area contributed by atoms with Gasteiger partial charge in [0.1, 0.15) is 6.04 Å². The summed E-state index contributed by atoms with van der Waals surface area (Å²) < 4.78 is 4.79. The van der Waals surface area contributed by atoms with Crippen LogP contribution in [0.25, 0.3) is 0 Å². The van der Waals surface area contributed by atoms with Crippen molar-refractivity contribution < 1.29 is 14.3 Å². The van der Waals surface area contributed by atoms with Crippen molar-refractivity contribution in [3.05, 3.63) is 71.8 Å². The summed E-state index contributed by atoms with van der Waals surface area (Å²) in [6, 6.07) is 17.1. The molecule has 23 heavy (non-hydrogen) atoms. The fraction of sp³-hybridized carbons (Fsp3) is 0.222. The van der Waals surface area contributed by atoms with Crippen molar-refractivity contribution in [3.8, 4) is 0 Å². The van der Waals surface area contributed by atoms with E-state index in [-0.39, 0.29) is 6.42 Å². The molecule has 0 radical (unpaired) electrons. The molecular weight excluding hydrogens is 292 g/mol. The molecule has 2 aromatic rings. The molecule has 0 aliphatic rings. The van der Waals surface area contributed by atoms with Crippen LogP contribution in [0.1, 0.15) is 23.6 Å². The van der Waals surface area contributed by atoms with Crippen molar-refractivity contribution in [2.24, 2.45) is 11.5 Å². The molecular formula is C18H20N2O3. The Morgan fingerprint density at radius 3 is 2.09 bits per heavy atom. The third kappa shape index (κ3) is 5.32. The van der Waals surface area contributed by atoms with Crippen LogP contribution in [0.4, 0.5) is 0 Å². The second-order valence-electron chi connectivity index (χ2n) is 5.31.